The molecule has 0 radical (unpaired) electrons. The molecule has 0 saturated carbocycles. The number of methoxy groups -OCH3 is 1. The molecule has 1 aromatic carbocycles. The molecule has 164 valence electrons. The molecule has 1 aliphatic carbocycles. The normalized spacial score (nSPS) is 21.2. The van der Waals surface area contributed by atoms with Crippen LogP contribution in [0.2, 0.25) is 0 Å². The standard InChI is InChI=1S/C25H29FN2O3/c1-4-21-16(2)28(13-17-5-7-18(8-6-17)25(30)31-3)22-10-9-19(24(29)23(21)22)14-27-12-11-20(26)15-27/h4-8,19-20H,1,9-15H2,2-3H3/t19?,20-/m1/s1. The molecule has 1 saturated heterocycles. The third-order valence-corrected chi connectivity index (χ3v) is 6.64. The Morgan fingerprint density at radius 1 is 1.29 bits per heavy atom. The molecule has 2 aliphatic rings. The Morgan fingerprint density at radius 2 is 2.03 bits per heavy atom. The Balaban J connectivity index is 1.59. The summed E-state index contributed by atoms with van der Waals surface area (Å²) in [5.41, 5.74) is 5.32. The first kappa shape index (κ1) is 21.5. The zero-order chi connectivity index (χ0) is 22.1. The van der Waals surface area contributed by atoms with E-state index >= 15 is 0 Å². The van der Waals surface area contributed by atoms with Gasteiger partial charge in [-0.05, 0) is 43.9 Å². The van der Waals surface area contributed by atoms with E-state index in [1.807, 2.05) is 19.1 Å². The van der Waals surface area contributed by atoms with Gasteiger partial charge in [-0.1, -0.05) is 24.8 Å². The minimum Gasteiger partial charge on any atom is -0.465 e. The highest BCUT2D eigenvalue weighted by Crippen LogP contribution is 2.34. The van der Waals surface area contributed by atoms with E-state index < -0.39 is 6.17 Å². The van der Waals surface area contributed by atoms with E-state index in [1.54, 1.807) is 18.2 Å². The summed E-state index contributed by atoms with van der Waals surface area (Å²) in [5, 5.41) is 0. The first-order chi connectivity index (χ1) is 14.9. The summed E-state index contributed by atoms with van der Waals surface area (Å²) in [6.07, 6.45) is 3.16. The number of aromatic nitrogens is 1. The summed E-state index contributed by atoms with van der Waals surface area (Å²) < 4.78 is 20.5. The third kappa shape index (κ3) is 4.09. The van der Waals surface area contributed by atoms with Gasteiger partial charge in [-0.15, -0.1) is 0 Å². The molecule has 5 nitrogen and oxygen atoms in total. The van der Waals surface area contributed by atoms with Gasteiger partial charge in [0, 0.05) is 54.6 Å². The zero-order valence-corrected chi connectivity index (χ0v) is 18.2. The first-order valence-corrected chi connectivity index (χ1v) is 10.8. The van der Waals surface area contributed by atoms with Crippen molar-refractivity contribution in [2.24, 2.45) is 5.92 Å². The van der Waals surface area contributed by atoms with E-state index in [-0.39, 0.29) is 17.7 Å². The highest BCUT2D eigenvalue weighted by molar-refractivity contribution is 6.03. The number of ketones is 1. The molecule has 2 heterocycles. The molecular formula is C25H29FN2O3. The van der Waals surface area contributed by atoms with Crippen LogP contribution in [0.5, 0.6) is 0 Å². The van der Waals surface area contributed by atoms with Crippen LogP contribution in [0.25, 0.3) is 6.08 Å². The molecule has 31 heavy (non-hydrogen) atoms. The fourth-order valence-electron chi connectivity index (χ4n) is 4.95. The van der Waals surface area contributed by atoms with Crippen molar-refractivity contribution in [3.63, 3.8) is 0 Å². The largest absolute Gasteiger partial charge is 0.465 e. The van der Waals surface area contributed by atoms with Crippen LogP contribution in [-0.4, -0.2) is 54.1 Å². The van der Waals surface area contributed by atoms with Crippen LogP contribution >= 0.6 is 0 Å². The molecule has 6 heteroatoms. The molecular weight excluding hydrogens is 395 g/mol. The summed E-state index contributed by atoms with van der Waals surface area (Å²) in [4.78, 5) is 27.2. The number of likely N-dealkylation sites (tertiary alicyclic amines) is 1. The van der Waals surface area contributed by atoms with Crippen molar-refractivity contribution in [2.75, 3.05) is 26.7 Å². The number of halogens is 1. The zero-order valence-electron chi connectivity index (χ0n) is 18.2. The molecule has 2 atom stereocenters. The minimum absolute atomic E-state index is 0.0916. The molecule has 4 rings (SSSR count). The average molecular weight is 425 g/mol. The number of hydrogen-bond donors (Lipinski definition) is 0. The second-order valence-corrected chi connectivity index (χ2v) is 8.54. The Labute approximate surface area is 182 Å². The summed E-state index contributed by atoms with van der Waals surface area (Å²) in [6.45, 7) is 8.40. The van der Waals surface area contributed by atoms with Crippen LogP contribution in [0, 0.1) is 12.8 Å². The summed E-state index contributed by atoms with van der Waals surface area (Å²) in [5.74, 6) is -0.295. The van der Waals surface area contributed by atoms with Crippen LogP contribution in [0.1, 0.15) is 56.1 Å². The smallest absolute Gasteiger partial charge is 0.337 e. The molecule has 0 N–H and O–H groups in total. The predicted molar refractivity (Wildman–Crippen MR) is 118 cm³/mol. The van der Waals surface area contributed by atoms with Gasteiger partial charge in [0.2, 0.25) is 0 Å². The van der Waals surface area contributed by atoms with Gasteiger partial charge in [-0.2, -0.15) is 0 Å². The minimum atomic E-state index is -0.771. The molecule has 1 fully saturated rings. The van der Waals surface area contributed by atoms with Gasteiger partial charge in [0.1, 0.15) is 6.17 Å². The Kier molecular flexibility index (Phi) is 6.10. The van der Waals surface area contributed by atoms with Crippen LogP contribution in [0.3, 0.4) is 0 Å². The lowest BCUT2D eigenvalue weighted by Gasteiger charge is -2.27. The van der Waals surface area contributed by atoms with Gasteiger partial charge in [0.15, 0.2) is 5.78 Å². The van der Waals surface area contributed by atoms with Gasteiger partial charge < -0.3 is 9.30 Å². The molecule has 1 aliphatic heterocycles. The number of esters is 1. The van der Waals surface area contributed by atoms with E-state index in [0.29, 0.717) is 31.6 Å². The maximum atomic E-state index is 13.6. The van der Waals surface area contributed by atoms with Crippen LogP contribution in [0.15, 0.2) is 30.8 Å². The Bertz CT molecular complexity index is 1010. The summed E-state index contributed by atoms with van der Waals surface area (Å²) in [7, 11) is 1.37. The first-order valence-electron chi connectivity index (χ1n) is 10.8. The fraction of sp³-hybridized carbons (Fsp3) is 0.440. The van der Waals surface area contributed by atoms with E-state index in [4.69, 9.17) is 4.74 Å². The molecule has 0 spiro atoms. The topological polar surface area (TPSA) is 51.5 Å². The lowest BCUT2D eigenvalue weighted by Crippen LogP contribution is -2.35. The van der Waals surface area contributed by atoms with Gasteiger partial charge >= 0.3 is 5.97 Å². The highest BCUT2D eigenvalue weighted by atomic mass is 19.1. The monoisotopic (exact) mass is 424 g/mol. The summed E-state index contributed by atoms with van der Waals surface area (Å²) in [6, 6.07) is 7.35. The maximum absolute atomic E-state index is 13.6. The Hall–Kier alpha value is -2.73. The van der Waals surface area contributed by atoms with Crippen LogP contribution in [0.4, 0.5) is 4.39 Å². The second kappa shape index (κ2) is 8.79. The van der Waals surface area contributed by atoms with E-state index in [1.165, 1.54) is 7.11 Å². The lowest BCUT2D eigenvalue weighted by molar-refractivity contribution is 0.0600. The third-order valence-electron chi connectivity index (χ3n) is 6.64. The number of benzene rings is 1. The fourth-order valence-corrected chi connectivity index (χ4v) is 4.95. The maximum Gasteiger partial charge on any atom is 0.337 e. The SMILES string of the molecule is C=Cc1c2c(n(Cc3ccc(C(=O)OC)cc3)c1C)CCC(CN1CC[C@@H](F)C1)C2=O. The van der Waals surface area contributed by atoms with Crippen molar-refractivity contribution in [2.45, 2.75) is 38.9 Å². The van der Waals surface area contributed by atoms with E-state index in [9.17, 15) is 14.0 Å². The van der Waals surface area contributed by atoms with E-state index in [0.717, 1.165) is 47.5 Å². The van der Waals surface area contributed by atoms with Gasteiger partial charge in [0.05, 0.1) is 12.7 Å². The predicted octanol–water partition coefficient (Wildman–Crippen LogP) is 4.06. The number of alkyl halides is 1. The summed E-state index contributed by atoms with van der Waals surface area (Å²) >= 11 is 0. The van der Waals surface area contributed by atoms with Crippen LogP contribution in [-0.2, 0) is 17.7 Å². The number of Topliss-reactive ketones (excluding diaryl/α,β-unsaturated/α-hetero) is 1. The molecule has 1 aromatic heterocycles. The second-order valence-electron chi connectivity index (χ2n) is 8.54. The number of hydrogen-bond acceptors (Lipinski definition) is 4. The molecule has 1 unspecified atom stereocenters. The van der Waals surface area contributed by atoms with Crippen molar-refractivity contribution in [1.29, 1.82) is 0 Å². The van der Waals surface area contributed by atoms with Crippen molar-refractivity contribution >= 4 is 17.8 Å². The number of rotatable bonds is 6. The highest BCUT2D eigenvalue weighted by Gasteiger charge is 2.35. The van der Waals surface area contributed by atoms with Crippen molar-refractivity contribution in [3.8, 4) is 0 Å². The van der Waals surface area contributed by atoms with Crippen molar-refractivity contribution in [1.82, 2.24) is 9.47 Å². The lowest BCUT2D eigenvalue weighted by atomic mass is 9.84. The van der Waals surface area contributed by atoms with Crippen molar-refractivity contribution < 1.29 is 18.7 Å². The molecule has 0 amide bonds. The van der Waals surface area contributed by atoms with Crippen molar-refractivity contribution in [3.05, 3.63) is 64.5 Å². The van der Waals surface area contributed by atoms with Gasteiger partial charge in [0.25, 0.3) is 0 Å². The number of ether oxygens (including phenoxy) is 1. The van der Waals surface area contributed by atoms with E-state index in [2.05, 4.69) is 16.0 Å². The quantitative estimate of drug-likeness (QED) is 0.656. The van der Waals surface area contributed by atoms with Gasteiger partial charge in [-0.25, -0.2) is 9.18 Å². The average Bonchev–Trinajstić information content (AvgIpc) is 3.30. The van der Waals surface area contributed by atoms with Crippen LogP contribution < -0.4 is 0 Å². The number of carbonyl (C=O) groups is 2. The number of carbonyl (C=O) groups excluding carboxylic acids is 2. The Morgan fingerprint density at radius 3 is 2.65 bits per heavy atom. The molecule has 2 aromatic rings. The molecule has 0 bridgehead atoms. The number of nitrogens with zero attached hydrogens (tertiary/aromatic N) is 2. The number of fused-ring (bicyclic) bond motifs is 1. The van der Waals surface area contributed by atoms with Gasteiger partial charge in [-0.3, -0.25) is 9.69 Å².